The SMILES string of the molecule is C/C=C(\C)C(=O)O[C@@H]1[C@@H](OC(=O)c2ccccc2)[C@]2(C)[C@@H](C(C)=O)CC[C@@]23O[C@]32CC[C@H]3C[C@@H](O[C@H]4C[C@@H](OC)C(O[C@@H]5OC(C)C(O[C@@H]6OC(CO)C(O[C@@H]7OC(CO)C(O)[C@H](O)C7O)[C@H](O)C6O)[C@H](OC)C5O)C(C)O4)CC[C@]3(C)[C@@H]12. The average molecular weight is 1180 g/mol. The second kappa shape index (κ2) is 24.4. The monoisotopic (exact) mass is 1180 g/mol. The van der Waals surface area contributed by atoms with Gasteiger partial charge in [0.2, 0.25) is 0 Å². The Balaban J connectivity index is 0.794. The summed E-state index contributed by atoms with van der Waals surface area (Å²) in [6.45, 7) is 11.2. The Morgan fingerprint density at radius 2 is 1.29 bits per heavy atom. The molecule has 5 heterocycles. The molecule has 1 aromatic carbocycles. The fraction of sp³-hybridized carbons (Fsp3) is 0.814. The molecule has 9 fully saturated rings. The molecule has 0 aromatic heterocycles. The van der Waals surface area contributed by atoms with Crippen LogP contribution in [0.4, 0.5) is 0 Å². The van der Waals surface area contributed by atoms with Gasteiger partial charge in [-0.3, -0.25) is 4.79 Å². The summed E-state index contributed by atoms with van der Waals surface area (Å²) in [4.78, 5) is 42.0. The van der Waals surface area contributed by atoms with Crippen LogP contribution in [0.1, 0.15) is 110 Å². The fourth-order valence-electron chi connectivity index (χ4n) is 16.2. The summed E-state index contributed by atoms with van der Waals surface area (Å²) in [5, 5.41) is 85.3. The van der Waals surface area contributed by atoms with Crippen molar-refractivity contribution in [1.82, 2.24) is 0 Å². The van der Waals surface area contributed by atoms with Gasteiger partial charge in [0.05, 0.1) is 43.2 Å². The number of aliphatic hydroxyl groups excluding tert-OH is 8. The van der Waals surface area contributed by atoms with Crippen LogP contribution in [-0.2, 0) is 71.2 Å². The Hall–Kier alpha value is -3.19. The highest BCUT2D eigenvalue weighted by Crippen LogP contribution is 2.81. The Morgan fingerprint density at radius 3 is 1.94 bits per heavy atom. The lowest BCUT2D eigenvalue weighted by Crippen LogP contribution is -2.70. The molecule has 11 unspecified atom stereocenters. The standard InChI is InChI=1S/C59H86O24/c1-10-26(2)51(69)78-48-49-56(6)19-17-32(22-31(56)16-20-58(49)59(83-58)21-18-33(27(3)62)57(59,7)50(48)82-52(70)30-14-12-11-13-15-30)75-37-23-34(71-8)44(28(4)73-37)79-55-43(68)47(72-9)45(29(5)74-55)80-54-42(67)40(65)46(36(25-61)77-54)81-53-41(66)39(64)38(63)35(24-60)76-53/h10-15,28-29,31-50,53-55,60-61,63-68H,16-25H2,1-9H3/b26-10+/t28?,29?,31-,32-,33+,34+,35?,36?,37-,38?,39-,40+,41?,42?,43?,44?,45?,46?,47+,48-,49+,50+,53-,54-,55-,56-,57-,58-,59+/m0/s1. The van der Waals surface area contributed by atoms with E-state index in [-0.39, 0.29) is 30.1 Å². The predicted molar refractivity (Wildman–Crippen MR) is 283 cm³/mol. The van der Waals surface area contributed by atoms with Gasteiger partial charge in [-0.1, -0.05) is 38.1 Å². The van der Waals surface area contributed by atoms with Crippen molar-refractivity contribution in [3.05, 3.63) is 47.5 Å². The van der Waals surface area contributed by atoms with Gasteiger partial charge in [0.1, 0.15) is 102 Å². The molecule has 0 amide bonds. The molecule has 1 aromatic rings. The van der Waals surface area contributed by atoms with Gasteiger partial charge < -0.3 is 102 Å². The molecule has 466 valence electrons. The number of allylic oxidation sites excluding steroid dienone is 1. The number of aliphatic hydroxyl groups is 8. The first-order valence-electron chi connectivity index (χ1n) is 29.4. The summed E-state index contributed by atoms with van der Waals surface area (Å²) in [6.07, 6.45) is -21.2. The van der Waals surface area contributed by atoms with E-state index in [1.807, 2.05) is 19.9 Å². The molecule has 0 radical (unpaired) electrons. The lowest BCUT2D eigenvalue weighted by atomic mass is 9.43. The van der Waals surface area contributed by atoms with Crippen molar-refractivity contribution in [1.29, 1.82) is 0 Å². The zero-order valence-electron chi connectivity index (χ0n) is 48.6. The van der Waals surface area contributed by atoms with Gasteiger partial charge >= 0.3 is 11.9 Å². The van der Waals surface area contributed by atoms with Crippen LogP contribution in [0.15, 0.2) is 42.0 Å². The zero-order chi connectivity index (χ0) is 59.8. The summed E-state index contributed by atoms with van der Waals surface area (Å²) in [5.41, 5.74) is -2.23. The molecule has 29 atom stereocenters. The smallest absolute Gasteiger partial charge is 0.338 e. The van der Waals surface area contributed by atoms with Crippen LogP contribution < -0.4 is 0 Å². The Morgan fingerprint density at radius 1 is 0.651 bits per heavy atom. The molecule has 5 saturated heterocycles. The molecule has 9 aliphatic rings. The third kappa shape index (κ3) is 10.7. The first-order chi connectivity index (χ1) is 39.5. The largest absolute Gasteiger partial charge is 0.455 e. The number of hydrogen-bond donors (Lipinski definition) is 8. The maximum absolute atomic E-state index is 14.2. The number of rotatable bonds is 17. The minimum atomic E-state index is -1.86. The lowest BCUT2D eigenvalue weighted by Gasteiger charge is -2.61. The van der Waals surface area contributed by atoms with E-state index in [4.69, 9.17) is 61.6 Å². The zero-order valence-corrected chi connectivity index (χ0v) is 48.6. The first-order valence-corrected chi connectivity index (χ1v) is 29.4. The number of benzene rings is 1. The number of ketones is 1. The van der Waals surface area contributed by atoms with Crippen LogP contribution in [0.3, 0.4) is 0 Å². The normalized spacial score (nSPS) is 49.6. The van der Waals surface area contributed by atoms with E-state index in [0.29, 0.717) is 49.7 Å². The van der Waals surface area contributed by atoms with E-state index < -0.39 is 182 Å². The molecule has 24 heteroatoms. The Labute approximate surface area is 482 Å². The van der Waals surface area contributed by atoms with Gasteiger partial charge in [-0.2, -0.15) is 0 Å². The molecular formula is C59H86O24. The lowest BCUT2D eigenvalue weighted by molar-refractivity contribution is -0.384. The number of methoxy groups -OCH3 is 2. The second-order valence-corrected chi connectivity index (χ2v) is 25.0. The van der Waals surface area contributed by atoms with Crippen molar-refractivity contribution in [2.75, 3.05) is 27.4 Å². The maximum atomic E-state index is 14.2. The molecule has 4 aliphatic carbocycles. The van der Waals surface area contributed by atoms with Crippen LogP contribution in [0.25, 0.3) is 0 Å². The topological polar surface area (TPSA) is 336 Å². The van der Waals surface area contributed by atoms with Crippen molar-refractivity contribution < 1.29 is 117 Å². The minimum absolute atomic E-state index is 0.0248. The average Bonchev–Trinajstić information content (AvgIpc) is 1.46. The van der Waals surface area contributed by atoms with Gasteiger partial charge in [-0.15, -0.1) is 0 Å². The van der Waals surface area contributed by atoms with Gasteiger partial charge in [0, 0.05) is 43.5 Å². The van der Waals surface area contributed by atoms with Crippen molar-refractivity contribution in [2.24, 2.45) is 28.6 Å². The number of ether oxygens (including phenoxy) is 13. The molecule has 4 saturated carbocycles. The third-order valence-electron chi connectivity index (χ3n) is 20.7. The number of esters is 2. The summed E-state index contributed by atoms with van der Waals surface area (Å²) >= 11 is 0. The molecule has 83 heavy (non-hydrogen) atoms. The summed E-state index contributed by atoms with van der Waals surface area (Å²) in [7, 11) is 2.88. The summed E-state index contributed by atoms with van der Waals surface area (Å²) in [5.74, 6) is -1.93. The highest BCUT2D eigenvalue weighted by Gasteiger charge is 2.91. The van der Waals surface area contributed by atoms with Crippen LogP contribution in [0.2, 0.25) is 0 Å². The number of Topliss-reactive ketones (excluding diaryl/α,β-unsaturated/α-hetero) is 1. The van der Waals surface area contributed by atoms with Crippen LogP contribution in [0.5, 0.6) is 0 Å². The molecular weight excluding hydrogens is 1090 g/mol. The number of carbonyl (C=O) groups excluding carboxylic acids is 3. The summed E-state index contributed by atoms with van der Waals surface area (Å²) in [6, 6.07) is 8.70. The molecule has 24 nitrogen and oxygen atoms in total. The highest BCUT2D eigenvalue weighted by atomic mass is 16.8. The molecule has 0 bridgehead atoms. The van der Waals surface area contributed by atoms with Gasteiger partial charge in [0.15, 0.2) is 25.2 Å². The predicted octanol–water partition coefficient (Wildman–Crippen LogP) is 0.883. The number of hydrogen-bond acceptors (Lipinski definition) is 24. The van der Waals surface area contributed by atoms with Gasteiger partial charge in [0.25, 0.3) is 0 Å². The van der Waals surface area contributed by atoms with Crippen LogP contribution >= 0.6 is 0 Å². The Bertz CT molecular complexity index is 2480. The highest BCUT2D eigenvalue weighted by molar-refractivity contribution is 5.90. The van der Waals surface area contributed by atoms with Crippen molar-refractivity contribution in [3.8, 4) is 0 Å². The first kappa shape index (κ1) is 62.8. The fourth-order valence-corrected chi connectivity index (χ4v) is 16.2. The minimum Gasteiger partial charge on any atom is -0.455 e. The van der Waals surface area contributed by atoms with E-state index in [1.54, 1.807) is 65.1 Å². The van der Waals surface area contributed by atoms with Crippen LogP contribution in [-0.4, -0.2) is 232 Å². The van der Waals surface area contributed by atoms with Crippen molar-refractivity contribution in [3.63, 3.8) is 0 Å². The number of fused-ring (bicyclic) bond motifs is 2. The van der Waals surface area contributed by atoms with E-state index in [0.717, 1.165) is 6.42 Å². The van der Waals surface area contributed by atoms with Gasteiger partial charge in [-0.25, -0.2) is 9.59 Å². The quantitative estimate of drug-likeness (QED) is 0.0465. The maximum Gasteiger partial charge on any atom is 0.338 e. The van der Waals surface area contributed by atoms with Crippen LogP contribution in [0, 0.1) is 28.6 Å². The van der Waals surface area contributed by atoms with Crippen molar-refractivity contribution in [2.45, 2.75) is 246 Å². The number of epoxide rings is 1. The van der Waals surface area contributed by atoms with E-state index in [2.05, 4.69) is 6.92 Å². The summed E-state index contributed by atoms with van der Waals surface area (Å²) < 4.78 is 81.5. The van der Waals surface area contributed by atoms with Gasteiger partial charge in [-0.05, 0) is 103 Å². The van der Waals surface area contributed by atoms with E-state index in [9.17, 15) is 55.2 Å². The molecule has 5 aliphatic heterocycles. The molecule has 8 N–H and O–H groups in total. The second-order valence-electron chi connectivity index (χ2n) is 25.0. The van der Waals surface area contributed by atoms with Crippen molar-refractivity contribution >= 4 is 17.7 Å². The molecule has 10 rings (SSSR count). The Kier molecular flexibility index (Phi) is 18.5. The van der Waals surface area contributed by atoms with E-state index in [1.165, 1.54) is 7.11 Å². The van der Waals surface area contributed by atoms with E-state index >= 15 is 0 Å². The molecule has 2 spiro atoms. The third-order valence-corrected chi connectivity index (χ3v) is 20.7. The number of carbonyl (C=O) groups is 3.